The fraction of sp³-hybridized carbons (Fsp3) is 0.632. The highest BCUT2D eigenvalue weighted by atomic mass is 127. The number of benzene rings is 1. The van der Waals surface area contributed by atoms with Gasteiger partial charge in [0.25, 0.3) is 0 Å². The molecule has 0 radical (unpaired) electrons. The predicted molar refractivity (Wildman–Crippen MR) is 110 cm³/mol. The van der Waals surface area contributed by atoms with Gasteiger partial charge in [0.2, 0.25) is 0 Å². The Kier molecular flexibility index (Phi) is 4.77. The Labute approximate surface area is 161 Å². The molecule has 0 spiro atoms. The Hall–Kier alpha value is -0.400. The molecule has 2 fully saturated rings. The number of fused-ring (bicyclic) bond motifs is 3. The number of alkyl halides is 1. The van der Waals surface area contributed by atoms with Crippen molar-refractivity contribution in [3.8, 4) is 0 Å². The lowest BCUT2D eigenvalue weighted by Gasteiger charge is -2.50. The molecule has 2 saturated carbocycles. The molecule has 1 aromatic carbocycles. The van der Waals surface area contributed by atoms with Crippen molar-refractivity contribution in [2.75, 3.05) is 5.32 Å². The molecule has 24 heavy (non-hydrogen) atoms. The molecule has 2 bridgehead atoms. The van der Waals surface area contributed by atoms with E-state index in [-0.39, 0.29) is 9.53 Å². The number of halogens is 1. The summed E-state index contributed by atoms with van der Waals surface area (Å²) in [6.07, 6.45) is 7.27. The topological polar surface area (TPSA) is 45.1 Å². The third-order valence-corrected chi connectivity index (χ3v) is 8.56. The van der Waals surface area contributed by atoms with E-state index in [4.69, 9.17) is 4.98 Å². The number of nitrogens with one attached hydrogen (secondary N) is 1. The molecule has 3 nitrogen and oxygen atoms in total. The SMILES string of the molecule is CCC1([C@@H](O)I)CC2CCC(Nc3nc4ccccc4s3)C(C2)C1. The Morgan fingerprint density at radius 1 is 1.38 bits per heavy atom. The van der Waals surface area contributed by atoms with E-state index in [1.54, 1.807) is 11.3 Å². The van der Waals surface area contributed by atoms with E-state index in [0.717, 1.165) is 29.4 Å². The lowest BCUT2D eigenvalue weighted by atomic mass is 9.59. The molecule has 1 heterocycles. The van der Waals surface area contributed by atoms with Crippen LogP contribution in [0.15, 0.2) is 24.3 Å². The first-order valence-corrected chi connectivity index (χ1v) is 11.1. The minimum Gasteiger partial charge on any atom is -0.382 e. The molecule has 2 N–H and O–H groups in total. The van der Waals surface area contributed by atoms with Crippen LogP contribution < -0.4 is 5.32 Å². The van der Waals surface area contributed by atoms with E-state index in [2.05, 4.69) is 59.1 Å². The molecule has 5 atom stereocenters. The summed E-state index contributed by atoms with van der Waals surface area (Å²) in [6.45, 7) is 2.25. The van der Waals surface area contributed by atoms with E-state index in [9.17, 15) is 5.11 Å². The number of anilines is 1. The van der Waals surface area contributed by atoms with Crippen LogP contribution >= 0.6 is 33.9 Å². The van der Waals surface area contributed by atoms with Crippen molar-refractivity contribution in [3.05, 3.63) is 24.3 Å². The molecule has 2 aliphatic rings. The predicted octanol–water partition coefficient (Wildman–Crippen LogP) is 5.44. The van der Waals surface area contributed by atoms with E-state index in [0.29, 0.717) is 12.0 Å². The molecular weight excluding hydrogens is 431 g/mol. The molecule has 0 amide bonds. The van der Waals surface area contributed by atoms with Gasteiger partial charge in [-0.15, -0.1) is 0 Å². The van der Waals surface area contributed by atoms with Gasteiger partial charge in [-0.2, -0.15) is 0 Å². The van der Waals surface area contributed by atoms with Gasteiger partial charge < -0.3 is 10.4 Å². The number of thiazole rings is 1. The summed E-state index contributed by atoms with van der Waals surface area (Å²) in [5.41, 5.74) is 1.20. The zero-order chi connectivity index (χ0) is 16.7. The number of rotatable bonds is 4. The van der Waals surface area contributed by atoms with Crippen LogP contribution in [0.1, 0.15) is 45.4 Å². The van der Waals surface area contributed by atoms with E-state index in [1.807, 2.05) is 0 Å². The maximum atomic E-state index is 10.4. The van der Waals surface area contributed by atoms with Crippen LogP contribution in [0.2, 0.25) is 0 Å². The third-order valence-electron chi connectivity index (χ3n) is 6.27. The van der Waals surface area contributed by atoms with Gasteiger partial charge in [-0.05, 0) is 62.5 Å². The van der Waals surface area contributed by atoms with Crippen molar-refractivity contribution in [1.82, 2.24) is 4.98 Å². The second-order valence-corrected chi connectivity index (χ2v) is 9.85. The molecule has 4 unspecified atom stereocenters. The second kappa shape index (κ2) is 6.72. The first-order valence-electron chi connectivity index (χ1n) is 9.04. The van der Waals surface area contributed by atoms with Crippen LogP contribution in [0, 0.1) is 17.3 Å². The van der Waals surface area contributed by atoms with Crippen molar-refractivity contribution in [2.45, 2.75) is 55.6 Å². The van der Waals surface area contributed by atoms with Crippen LogP contribution in [0.4, 0.5) is 5.13 Å². The minimum atomic E-state index is -0.230. The lowest BCUT2D eigenvalue weighted by molar-refractivity contribution is -0.00857. The Bertz CT molecular complexity index is 685. The number of aliphatic hydroxyl groups excluding tert-OH is 1. The number of aliphatic hydroxyl groups is 1. The van der Waals surface area contributed by atoms with Gasteiger partial charge >= 0.3 is 0 Å². The summed E-state index contributed by atoms with van der Waals surface area (Å²) in [6, 6.07) is 8.86. The van der Waals surface area contributed by atoms with Gasteiger partial charge in [-0.3, -0.25) is 0 Å². The Balaban J connectivity index is 1.53. The molecule has 5 heteroatoms. The Morgan fingerprint density at radius 2 is 2.21 bits per heavy atom. The number of hydrogen-bond donors (Lipinski definition) is 2. The molecule has 2 aromatic rings. The number of para-hydroxylation sites is 1. The molecular formula is C19H25IN2OS. The van der Waals surface area contributed by atoms with Gasteiger partial charge in [0.15, 0.2) is 5.13 Å². The first kappa shape index (κ1) is 17.0. The molecule has 130 valence electrons. The number of aromatic nitrogens is 1. The molecule has 2 aliphatic carbocycles. The van der Waals surface area contributed by atoms with Crippen LogP contribution in [0.5, 0.6) is 0 Å². The summed E-state index contributed by atoms with van der Waals surface area (Å²) in [4.78, 5) is 4.76. The van der Waals surface area contributed by atoms with E-state index < -0.39 is 0 Å². The van der Waals surface area contributed by atoms with E-state index >= 15 is 0 Å². The van der Waals surface area contributed by atoms with Gasteiger partial charge in [0.05, 0.1) is 10.2 Å². The van der Waals surface area contributed by atoms with Crippen LogP contribution in [0.3, 0.4) is 0 Å². The summed E-state index contributed by atoms with van der Waals surface area (Å²) >= 11 is 4.00. The molecule has 4 rings (SSSR count). The maximum absolute atomic E-state index is 10.4. The van der Waals surface area contributed by atoms with E-state index in [1.165, 1.54) is 30.4 Å². The number of hydrogen-bond acceptors (Lipinski definition) is 4. The zero-order valence-electron chi connectivity index (χ0n) is 14.0. The van der Waals surface area contributed by atoms with Gasteiger partial charge in [0.1, 0.15) is 4.11 Å². The standard InChI is InChI=1S/C19H25IN2OS/c1-2-19(17(20)23)10-12-7-8-14(13(9-12)11-19)21-18-22-15-5-3-4-6-16(15)24-18/h3-6,12-14,17,23H,2,7-11H2,1H3,(H,21,22)/t12?,13?,14?,17-,19?/m1/s1. The van der Waals surface area contributed by atoms with Crippen molar-refractivity contribution >= 4 is 49.3 Å². The fourth-order valence-electron chi connectivity index (χ4n) is 4.89. The largest absolute Gasteiger partial charge is 0.382 e. The quantitative estimate of drug-likeness (QED) is 0.476. The van der Waals surface area contributed by atoms with Gasteiger partial charge in [-0.25, -0.2) is 4.98 Å². The molecule has 1 aromatic heterocycles. The highest BCUT2D eigenvalue weighted by molar-refractivity contribution is 14.1. The molecule has 0 aliphatic heterocycles. The van der Waals surface area contributed by atoms with Crippen molar-refractivity contribution in [2.24, 2.45) is 17.3 Å². The Morgan fingerprint density at radius 3 is 2.96 bits per heavy atom. The lowest BCUT2D eigenvalue weighted by Crippen LogP contribution is -2.47. The summed E-state index contributed by atoms with van der Waals surface area (Å²) in [7, 11) is 0. The van der Waals surface area contributed by atoms with Crippen molar-refractivity contribution in [1.29, 1.82) is 0 Å². The summed E-state index contributed by atoms with van der Waals surface area (Å²) < 4.78 is 1.02. The summed E-state index contributed by atoms with van der Waals surface area (Å²) in [5, 5.41) is 15.2. The fourth-order valence-corrected chi connectivity index (χ4v) is 6.76. The van der Waals surface area contributed by atoms with Crippen molar-refractivity contribution < 1.29 is 5.11 Å². The highest BCUT2D eigenvalue weighted by Crippen LogP contribution is 2.53. The normalized spacial score (nSPS) is 34.2. The average molecular weight is 456 g/mol. The van der Waals surface area contributed by atoms with Gasteiger partial charge in [-0.1, -0.05) is 53.0 Å². The maximum Gasteiger partial charge on any atom is 0.184 e. The van der Waals surface area contributed by atoms with Crippen LogP contribution in [-0.2, 0) is 0 Å². The first-order chi connectivity index (χ1) is 11.6. The third kappa shape index (κ3) is 3.07. The van der Waals surface area contributed by atoms with Crippen molar-refractivity contribution in [3.63, 3.8) is 0 Å². The average Bonchev–Trinajstić information content (AvgIpc) is 2.99. The van der Waals surface area contributed by atoms with Gasteiger partial charge in [0, 0.05) is 11.5 Å². The zero-order valence-corrected chi connectivity index (χ0v) is 17.0. The minimum absolute atomic E-state index is 0.113. The highest BCUT2D eigenvalue weighted by Gasteiger charge is 2.47. The summed E-state index contributed by atoms with van der Waals surface area (Å²) in [5.74, 6) is 1.45. The smallest absolute Gasteiger partial charge is 0.184 e. The molecule has 0 saturated heterocycles. The van der Waals surface area contributed by atoms with Crippen LogP contribution in [0.25, 0.3) is 10.2 Å². The van der Waals surface area contributed by atoms with Crippen LogP contribution in [-0.4, -0.2) is 20.2 Å². The second-order valence-electron chi connectivity index (χ2n) is 7.64. The number of nitrogens with zero attached hydrogens (tertiary/aromatic N) is 1. The monoisotopic (exact) mass is 456 g/mol.